The molecule has 2 aromatic carbocycles. The number of nitrogens with one attached hydrogen (secondary N) is 3. The highest BCUT2D eigenvalue weighted by molar-refractivity contribution is 6.30. The number of unbranched alkanes of at least 4 members (excludes halogenated alkanes) is 2. The molecule has 2 fully saturated rings. The van der Waals surface area contributed by atoms with Gasteiger partial charge in [-0.2, -0.15) is 0 Å². The lowest BCUT2D eigenvalue weighted by Crippen LogP contribution is -2.61. The van der Waals surface area contributed by atoms with Crippen LogP contribution in [0.5, 0.6) is 0 Å². The lowest BCUT2D eigenvalue weighted by atomic mass is 9.99. The summed E-state index contributed by atoms with van der Waals surface area (Å²) >= 11 is 6.06. The minimum Gasteiger partial charge on any atom is -0.386 e. The zero-order valence-electron chi connectivity index (χ0n) is 25.0. The predicted octanol–water partition coefficient (Wildman–Crippen LogP) is 2.48. The average Bonchev–Trinajstić information content (AvgIpc) is 3.50. The van der Waals surface area contributed by atoms with Crippen molar-refractivity contribution in [3.05, 3.63) is 70.7 Å². The molecule has 10 nitrogen and oxygen atoms in total. The molecule has 0 aromatic heterocycles. The van der Waals surface area contributed by atoms with Gasteiger partial charge in [0.2, 0.25) is 23.6 Å². The van der Waals surface area contributed by atoms with Gasteiger partial charge in [-0.05, 0) is 55.9 Å². The molecule has 2 heterocycles. The molecule has 236 valence electrons. The maximum Gasteiger partial charge on any atom is 0.246 e. The molecular formula is C33H41ClN4O6. The van der Waals surface area contributed by atoms with Crippen LogP contribution in [-0.4, -0.2) is 76.2 Å². The zero-order chi connectivity index (χ0) is 31.6. The quantitative estimate of drug-likeness (QED) is 0.283. The Hall–Kier alpha value is -3.76. The first-order chi connectivity index (χ1) is 21.1. The number of amides is 4. The Morgan fingerprint density at radius 3 is 2.16 bits per heavy atom. The van der Waals surface area contributed by atoms with Gasteiger partial charge in [0.15, 0.2) is 5.78 Å². The van der Waals surface area contributed by atoms with Crippen molar-refractivity contribution in [1.29, 1.82) is 0 Å². The van der Waals surface area contributed by atoms with Crippen LogP contribution in [0.4, 0.5) is 0 Å². The molecule has 0 saturated carbocycles. The maximum absolute atomic E-state index is 13.9. The number of nitrogens with zero attached hydrogens (tertiary/aromatic N) is 1. The van der Waals surface area contributed by atoms with E-state index in [1.54, 1.807) is 24.3 Å². The first-order valence-electron chi connectivity index (χ1n) is 15.3. The Bertz CT molecular complexity index is 1320. The highest BCUT2D eigenvalue weighted by Gasteiger charge is 2.40. The molecule has 0 aliphatic carbocycles. The van der Waals surface area contributed by atoms with Crippen LogP contribution in [0.1, 0.15) is 63.0 Å². The van der Waals surface area contributed by atoms with Crippen LogP contribution < -0.4 is 16.0 Å². The van der Waals surface area contributed by atoms with E-state index in [-0.39, 0.29) is 37.4 Å². The Kier molecular flexibility index (Phi) is 11.9. The SMILES string of the molecule is C[C@H](O)C(=O)CCCCC[C@@H]1NC(=O)[C@@H]2CCCN2C(=O)[C@H](Cc2ccccc2)NC(=O)[C@H](Cc2ccc(Cl)cc2)NC1=O. The van der Waals surface area contributed by atoms with E-state index in [0.29, 0.717) is 43.7 Å². The van der Waals surface area contributed by atoms with E-state index in [1.807, 2.05) is 30.3 Å². The Balaban J connectivity index is 1.58. The van der Waals surface area contributed by atoms with Gasteiger partial charge in [0, 0.05) is 30.8 Å². The van der Waals surface area contributed by atoms with Crippen LogP contribution >= 0.6 is 11.6 Å². The molecule has 0 radical (unpaired) electrons. The molecule has 0 unspecified atom stereocenters. The largest absolute Gasteiger partial charge is 0.386 e. The topological polar surface area (TPSA) is 145 Å². The monoisotopic (exact) mass is 624 g/mol. The van der Waals surface area contributed by atoms with Crippen LogP contribution in [0, 0.1) is 0 Å². The standard InChI is InChI=1S/C33H41ClN4O6/c1-21(39)29(40)13-7-3-6-11-25-30(41)36-26(19-23-14-16-24(34)17-15-23)31(42)37-27(20-22-9-4-2-5-10-22)33(44)38-18-8-12-28(38)32(43)35-25/h2,4-5,9-10,14-17,21,25-28,39H,3,6-8,11-13,18-20H2,1H3,(H,35,43)(H,36,41)(H,37,42)/t21-,25-,26-,27-,28-/m0/s1. The van der Waals surface area contributed by atoms with E-state index < -0.39 is 48.0 Å². The lowest BCUT2D eigenvalue weighted by molar-refractivity contribution is -0.143. The number of rotatable bonds is 11. The van der Waals surface area contributed by atoms with E-state index in [2.05, 4.69) is 16.0 Å². The molecule has 2 aliphatic heterocycles. The van der Waals surface area contributed by atoms with Gasteiger partial charge in [0.1, 0.15) is 30.3 Å². The van der Waals surface area contributed by atoms with Gasteiger partial charge < -0.3 is 26.0 Å². The van der Waals surface area contributed by atoms with Crippen molar-refractivity contribution in [2.45, 2.75) is 95.0 Å². The fourth-order valence-corrected chi connectivity index (χ4v) is 5.86. The third-order valence-electron chi connectivity index (χ3n) is 8.24. The van der Waals surface area contributed by atoms with Crippen LogP contribution in [0.15, 0.2) is 54.6 Å². The summed E-state index contributed by atoms with van der Waals surface area (Å²) in [6.07, 6.45) is 2.66. The summed E-state index contributed by atoms with van der Waals surface area (Å²) in [6, 6.07) is 12.6. The molecule has 4 amide bonds. The van der Waals surface area contributed by atoms with Crippen LogP contribution in [-0.2, 0) is 36.8 Å². The van der Waals surface area contributed by atoms with Crippen LogP contribution in [0.3, 0.4) is 0 Å². The number of Topliss-reactive ketones (excluding diaryl/α,β-unsaturated/α-hetero) is 1. The maximum atomic E-state index is 13.9. The average molecular weight is 625 g/mol. The lowest BCUT2D eigenvalue weighted by Gasteiger charge is -2.32. The number of ketones is 1. The minimum atomic E-state index is -1.02. The summed E-state index contributed by atoms with van der Waals surface area (Å²) in [5, 5.41) is 18.6. The van der Waals surface area contributed by atoms with Gasteiger partial charge in [0.05, 0.1) is 0 Å². The summed E-state index contributed by atoms with van der Waals surface area (Å²) in [5.74, 6) is -1.98. The number of aliphatic hydroxyl groups is 1. The molecule has 5 atom stereocenters. The highest BCUT2D eigenvalue weighted by atomic mass is 35.5. The Labute approximate surface area is 262 Å². The number of carbonyl (C=O) groups excluding carboxylic acids is 5. The van der Waals surface area contributed by atoms with Crippen molar-refractivity contribution in [1.82, 2.24) is 20.9 Å². The van der Waals surface area contributed by atoms with Gasteiger partial charge in [-0.1, -0.05) is 66.9 Å². The normalized spacial score (nSPS) is 23.5. The van der Waals surface area contributed by atoms with Gasteiger partial charge in [-0.3, -0.25) is 24.0 Å². The van der Waals surface area contributed by atoms with Crippen molar-refractivity contribution in [2.75, 3.05) is 6.54 Å². The number of halogens is 1. The third kappa shape index (κ3) is 9.12. The molecule has 2 aliphatic rings. The first kappa shape index (κ1) is 33.1. The number of carbonyl (C=O) groups is 5. The first-order valence-corrected chi connectivity index (χ1v) is 15.7. The molecule has 2 aromatic rings. The smallest absolute Gasteiger partial charge is 0.246 e. The van der Waals surface area contributed by atoms with Crippen molar-refractivity contribution < 1.29 is 29.1 Å². The summed E-state index contributed by atoms with van der Waals surface area (Å²) in [4.78, 5) is 68.2. The van der Waals surface area contributed by atoms with Crippen molar-refractivity contribution in [3.8, 4) is 0 Å². The summed E-state index contributed by atoms with van der Waals surface area (Å²) in [6.45, 7) is 1.81. The molecule has 0 spiro atoms. The second kappa shape index (κ2) is 15.8. The number of aliphatic hydroxyl groups excluding tert-OH is 1. The molecule has 44 heavy (non-hydrogen) atoms. The van der Waals surface area contributed by atoms with E-state index in [4.69, 9.17) is 11.6 Å². The van der Waals surface area contributed by atoms with Crippen LogP contribution in [0.2, 0.25) is 5.02 Å². The fourth-order valence-electron chi connectivity index (χ4n) is 5.73. The van der Waals surface area contributed by atoms with Gasteiger partial charge in [-0.25, -0.2) is 0 Å². The number of fused-ring (bicyclic) bond motifs is 1. The number of hydrogen-bond acceptors (Lipinski definition) is 6. The van der Waals surface area contributed by atoms with E-state index in [9.17, 15) is 29.1 Å². The molecule has 2 saturated heterocycles. The molecule has 4 rings (SSSR count). The molecule has 4 N–H and O–H groups in total. The Morgan fingerprint density at radius 2 is 1.45 bits per heavy atom. The summed E-state index contributed by atoms with van der Waals surface area (Å²) < 4.78 is 0. The zero-order valence-corrected chi connectivity index (χ0v) is 25.7. The third-order valence-corrected chi connectivity index (χ3v) is 8.49. The van der Waals surface area contributed by atoms with Gasteiger partial charge in [-0.15, -0.1) is 0 Å². The number of hydrogen-bond donors (Lipinski definition) is 4. The number of benzene rings is 2. The van der Waals surface area contributed by atoms with Crippen molar-refractivity contribution >= 4 is 41.0 Å². The minimum absolute atomic E-state index is 0.148. The van der Waals surface area contributed by atoms with Gasteiger partial charge in [0.25, 0.3) is 0 Å². The molecular weight excluding hydrogens is 584 g/mol. The van der Waals surface area contributed by atoms with Crippen LogP contribution in [0.25, 0.3) is 0 Å². The van der Waals surface area contributed by atoms with Gasteiger partial charge >= 0.3 is 0 Å². The second-order valence-electron chi connectivity index (χ2n) is 11.6. The fraction of sp³-hybridized carbons (Fsp3) is 0.485. The van der Waals surface area contributed by atoms with E-state index in [0.717, 1.165) is 11.1 Å². The van der Waals surface area contributed by atoms with Crippen molar-refractivity contribution in [2.24, 2.45) is 0 Å². The summed E-state index contributed by atoms with van der Waals surface area (Å²) in [5.41, 5.74) is 1.61. The van der Waals surface area contributed by atoms with Crippen molar-refractivity contribution in [3.63, 3.8) is 0 Å². The van der Waals surface area contributed by atoms with E-state index in [1.165, 1.54) is 11.8 Å². The van der Waals surface area contributed by atoms with E-state index >= 15 is 0 Å². The summed E-state index contributed by atoms with van der Waals surface area (Å²) in [7, 11) is 0. The second-order valence-corrected chi connectivity index (χ2v) is 12.1. The predicted molar refractivity (Wildman–Crippen MR) is 166 cm³/mol. The highest BCUT2D eigenvalue weighted by Crippen LogP contribution is 2.21. The Morgan fingerprint density at radius 1 is 0.841 bits per heavy atom. The molecule has 0 bridgehead atoms. The molecule has 11 heteroatoms.